The molecule has 1 amide bonds. The van der Waals surface area contributed by atoms with Crippen LogP contribution in [0.5, 0.6) is 0 Å². The average Bonchev–Trinajstić information content (AvgIpc) is 3.81. The summed E-state index contributed by atoms with van der Waals surface area (Å²) in [5.41, 5.74) is 3.04. The third kappa shape index (κ3) is 5.17. The molecule has 3 fully saturated rings. The van der Waals surface area contributed by atoms with Crippen LogP contribution in [0.25, 0.3) is 10.9 Å². The van der Waals surface area contributed by atoms with Crippen LogP contribution in [-0.2, 0) is 16.6 Å². The standard InChI is InChI=1S/C27H33N5O4S/c33-15-16-37(35,36)30-20-7-8-22(24(17-20)31-13-11-27(9-10-27)12-14-31)26(34)28-25-21-3-1-2-4-23(21)32(29-25)18-19-5-6-19/h1-4,7-8,17,19,30,33H,5-6,9-16,18H2,(H,28,29,34). The molecule has 2 saturated carbocycles. The third-order valence-corrected chi connectivity index (χ3v) is 9.28. The maximum atomic E-state index is 13.6. The highest BCUT2D eigenvalue weighted by molar-refractivity contribution is 7.92. The molecule has 1 spiro atoms. The van der Waals surface area contributed by atoms with Crippen molar-refractivity contribution in [2.24, 2.45) is 11.3 Å². The van der Waals surface area contributed by atoms with Gasteiger partial charge < -0.3 is 15.3 Å². The van der Waals surface area contributed by atoms with Crippen LogP contribution >= 0.6 is 0 Å². The Kier molecular flexibility index (Phi) is 6.11. The Labute approximate surface area is 216 Å². The Hall–Kier alpha value is -3.11. The number of rotatable bonds is 9. The topological polar surface area (TPSA) is 117 Å². The van der Waals surface area contributed by atoms with E-state index in [-0.39, 0.29) is 11.7 Å². The van der Waals surface area contributed by atoms with Crippen LogP contribution in [0.2, 0.25) is 0 Å². The van der Waals surface area contributed by atoms with Crippen LogP contribution in [0.15, 0.2) is 42.5 Å². The minimum Gasteiger partial charge on any atom is -0.395 e. The first-order valence-corrected chi connectivity index (χ1v) is 14.8. The van der Waals surface area contributed by atoms with Crippen LogP contribution in [0.3, 0.4) is 0 Å². The molecule has 0 atom stereocenters. The fourth-order valence-electron chi connectivity index (χ4n) is 5.38. The van der Waals surface area contributed by atoms with Gasteiger partial charge in [0, 0.05) is 25.0 Å². The lowest BCUT2D eigenvalue weighted by molar-refractivity contribution is 0.102. The van der Waals surface area contributed by atoms with Gasteiger partial charge in [-0.15, -0.1) is 0 Å². The summed E-state index contributed by atoms with van der Waals surface area (Å²) in [6.45, 7) is 2.04. The lowest BCUT2D eigenvalue weighted by atomic mass is 9.93. The predicted octanol–water partition coefficient (Wildman–Crippen LogP) is 3.81. The highest BCUT2D eigenvalue weighted by atomic mass is 32.2. The zero-order valence-electron chi connectivity index (χ0n) is 20.8. The highest BCUT2D eigenvalue weighted by Gasteiger charge is 2.44. The quantitative estimate of drug-likeness (QED) is 0.393. The van der Waals surface area contributed by atoms with Gasteiger partial charge >= 0.3 is 0 Å². The third-order valence-electron chi connectivity index (χ3n) is 8.02. The summed E-state index contributed by atoms with van der Waals surface area (Å²) >= 11 is 0. The lowest BCUT2D eigenvalue weighted by Gasteiger charge is -2.35. The van der Waals surface area contributed by atoms with Crippen molar-refractivity contribution in [3.63, 3.8) is 0 Å². The number of carbonyl (C=O) groups excluding carboxylic acids is 1. The number of aliphatic hydroxyl groups excluding tert-OH is 1. The van der Waals surface area contributed by atoms with Crippen LogP contribution in [0.4, 0.5) is 17.2 Å². The van der Waals surface area contributed by atoms with Gasteiger partial charge in [-0.05, 0) is 80.2 Å². The Morgan fingerprint density at radius 1 is 1.08 bits per heavy atom. The molecule has 0 bridgehead atoms. The number of nitrogens with one attached hydrogen (secondary N) is 2. The molecule has 1 aromatic heterocycles. The molecule has 196 valence electrons. The monoisotopic (exact) mass is 523 g/mol. The summed E-state index contributed by atoms with van der Waals surface area (Å²) in [5.74, 6) is 0.534. The normalized spacial score (nSPS) is 18.8. The number of para-hydroxylation sites is 1. The fourth-order valence-corrected chi connectivity index (χ4v) is 6.21. The molecule has 9 nitrogen and oxygen atoms in total. The zero-order valence-corrected chi connectivity index (χ0v) is 21.6. The summed E-state index contributed by atoms with van der Waals surface area (Å²) in [6.07, 6.45) is 7.11. The second-order valence-electron chi connectivity index (χ2n) is 10.8. The van der Waals surface area contributed by atoms with Crippen molar-refractivity contribution in [2.45, 2.75) is 45.1 Å². The number of aliphatic hydroxyl groups is 1. The van der Waals surface area contributed by atoms with Crippen molar-refractivity contribution in [1.29, 1.82) is 0 Å². The summed E-state index contributed by atoms with van der Waals surface area (Å²) in [7, 11) is -3.68. The van der Waals surface area contributed by atoms with Gasteiger partial charge in [-0.25, -0.2) is 8.42 Å². The molecule has 0 radical (unpaired) electrons. The van der Waals surface area contributed by atoms with Gasteiger partial charge in [0.25, 0.3) is 5.91 Å². The number of anilines is 3. The zero-order chi connectivity index (χ0) is 25.6. The molecule has 37 heavy (non-hydrogen) atoms. The van der Waals surface area contributed by atoms with E-state index in [1.807, 2.05) is 28.9 Å². The van der Waals surface area contributed by atoms with Crippen molar-refractivity contribution < 1.29 is 18.3 Å². The van der Waals surface area contributed by atoms with E-state index >= 15 is 0 Å². The Balaban J connectivity index is 1.30. The summed E-state index contributed by atoms with van der Waals surface area (Å²) < 4.78 is 29.1. The number of nitrogens with zero attached hydrogens (tertiary/aromatic N) is 3. The van der Waals surface area contributed by atoms with Crippen molar-refractivity contribution in [3.8, 4) is 0 Å². The average molecular weight is 524 g/mol. The summed E-state index contributed by atoms with van der Waals surface area (Å²) in [4.78, 5) is 15.8. The van der Waals surface area contributed by atoms with E-state index in [1.54, 1.807) is 18.2 Å². The van der Waals surface area contributed by atoms with Gasteiger partial charge in [-0.3, -0.25) is 14.2 Å². The van der Waals surface area contributed by atoms with E-state index in [9.17, 15) is 13.2 Å². The first kappa shape index (κ1) is 24.2. The number of aromatic nitrogens is 2. The van der Waals surface area contributed by atoms with Gasteiger partial charge in [0.2, 0.25) is 10.0 Å². The molecule has 2 aromatic carbocycles. The minimum absolute atomic E-state index is 0.270. The number of carbonyl (C=O) groups is 1. The molecular weight excluding hydrogens is 490 g/mol. The Morgan fingerprint density at radius 2 is 1.84 bits per heavy atom. The fraction of sp³-hybridized carbons (Fsp3) is 0.481. The van der Waals surface area contributed by atoms with Crippen LogP contribution in [-0.4, -0.2) is 54.7 Å². The first-order valence-electron chi connectivity index (χ1n) is 13.1. The number of fused-ring (bicyclic) bond motifs is 1. The largest absolute Gasteiger partial charge is 0.395 e. The molecule has 1 aliphatic heterocycles. The Bertz CT molecular complexity index is 1430. The van der Waals surface area contributed by atoms with Crippen molar-refractivity contribution >= 4 is 44.0 Å². The minimum atomic E-state index is -3.68. The van der Waals surface area contributed by atoms with Crippen LogP contribution < -0.4 is 14.9 Å². The molecule has 0 unspecified atom stereocenters. The molecule has 2 heterocycles. The maximum absolute atomic E-state index is 13.6. The number of hydrogen-bond donors (Lipinski definition) is 3. The molecule has 3 aliphatic rings. The second kappa shape index (κ2) is 9.33. The van der Waals surface area contributed by atoms with E-state index in [0.717, 1.165) is 43.4 Å². The molecule has 3 aromatic rings. The van der Waals surface area contributed by atoms with Crippen molar-refractivity contribution in [1.82, 2.24) is 9.78 Å². The molecule has 1 saturated heterocycles. The SMILES string of the molecule is O=C(Nc1nn(CC2CC2)c2ccccc12)c1ccc(NS(=O)(=O)CCO)cc1N1CCC2(CC1)CC2. The number of hydrogen-bond acceptors (Lipinski definition) is 6. The predicted molar refractivity (Wildman–Crippen MR) is 144 cm³/mol. The lowest BCUT2D eigenvalue weighted by Crippen LogP contribution is -2.35. The molecule has 3 N–H and O–H groups in total. The smallest absolute Gasteiger partial charge is 0.258 e. The second-order valence-corrected chi connectivity index (χ2v) is 12.7. The Morgan fingerprint density at radius 3 is 2.54 bits per heavy atom. The van der Waals surface area contributed by atoms with Crippen molar-refractivity contribution in [2.75, 3.05) is 40.4 Å². The number of benzene rings is 2. The number of amides is 1. The van der Waals surface area contributed by atoms with Gasteiger partial charge in [-0.2, -0.15) is 5.10 Å². The number of piperidine rings is 1. The van der Waals surface area contributed by atoms with Gasteiger partial charge in [0.05, 0.1) is 34.8 Å². The maximum Gasteiger partial charge on any atom is 0.258 e. The summed E-state index contributed by atoms with van der Waals surface area (Å²) in [6, 6.07) is 12.9. The van der Waals surface area contributed by atoms with E-state index in [4.69, 9.17) is 10.2 Å². The first-order chi connectivity index (χ1) is 17.8. The van der Waals surface area contributed by atoms with Gasteiger partial charge in [0.1, 0.15) is 0 Å². The molecule has 6 rings (SSSR count). The van der Waals surface area contributed by atoms with Gasteiger partial charge in [-0.1, -0.05) is 12.1 Å². The number of sulfonamides is 1. The van der Waals surface area contributed by atoms with E-state index in [0.29, 0.717) is 34.1 Å². The summed E-state index contributed by atoms with van der Waals surface area (Å²) in [5, 5.41) is 17.8. The highest BCUT2D eigenvalue weighted by Crippen LogP contribution is 2.54. The van der Waals surface area contributed by atoms with E-state index in [1.165, 1.54) is 25.7 Å². The van der Waals surface area contributed by atoms with Crippen LogP contribution in [0, 0.1) is 11.3 Å². The molecule has 10 heteroatoms. The molecular formula is C27H33N5O4S. The van der Waals surface area contributed by atoms with E-state index in [2.05, 4.69) is 14.9 Å². The van der Waals surface area contributed by atoms with Gasteiger partial charge in [0.15, 0.2) is 5.82 Å². The van der Waals surface area contributed by atoms with Crippen molar-refractivity contribution in [3.05, 3.63) is 48.0 Å². The molecule has 2 aliphatic carbocycles. The van der Waals surface area contributed by atoms with E-state index < -0.39 is 16.6 Å². The van der Waals surface area contributed by atoms with Crippen LogP contribution in [0.1, 0.15) is 48.9 Å².